The van der Waals surface area contributed by atoms with Crippen LogP contribution in [0.25, 0.3) is 5.70 Å². The summed E-state index contributed by atoms with van der Waals surface area (Å²) in [7, 11) is 0. The van der Waals surface area contributed by atoms with Crippen molar-refractivity contribution < 1.29 is 0 Å². The van der Waals surface area contributed by atoms with E-state index in [0.717, 1.165) is 17.5 Å². The summed E-state index contributed by atoms with van der Waals surface area (Å²) in [5.41, 5.74) is 13.5. The van der Waals surface area contributed by atoms with Gasteiger partial charge in [0.15, 0.2) is 0 Å². The summed E-state index contributed by atoms with van der Waals surface area (Å²) < 4.78 is 0. The van der Waals surface area contributed by atoms with E-state index in [1.807, 2.05) is 31.2 Å². The van der Waals surface area contributed by atoms with E-state index in [-0.39, 0.29) is 0 Å². The topological polar surface area (TPSA) is 52.0 Å². The van der Waals surface area contributed by atoms with Crippen molar-refractivity contribution in [2.24, 2.45) is 11.5 Å². The first-order valence-corrected chi connectivity index (χ1v) is 4.54. The number of rotatable bonds is 1. The van der Waals surface area contributed by atoms with Crippen molar-refractivity contribution in [3.8, 4) is 11.8 Å². The molecular formula is C12H14N2. The van der Waals surface area contributed by atoms with E-state index in [4.69, 9.17) is 11.5 Å². The molecule has 4 N–H and O–H groups in total. The number of hydrogen-bond donors (Lipinski definition) is 2. The van der Waals surface area contributed by atoms with Crippen LogP contribution in [-0.4, -0.2) is 0 Å². The van der Waals surface area contributed by atoms with Gasteiger partial charge in [0, 0.05) is 18.2 Å². The third kappa shape index (κ3) is 2.56. The molecule has 0 aromatic heterocycles. The molecule has 0 saturated heterocycles. The average Bonchev–Trinajstić information content (AvgIpc) is 2.26. The lowest BCUT2D eigenvalue weighted by molar-refractivity contribution is 1.28. The maximum absolute atomic E-state index is 5.64. The molecule has 0 radical (unpaired) electrons. The van der Waals surface area contributed by atoms with E-state index in [0.29, 0.717) is 5.70 Å². The molecule has 72 valence electrons. The Bertz CT molecular complexity index is 377. The molecule has 0 heterocycles. The van der Waals surface area contributed by atoms with Crippen LogP contribution in [0.4, 0.5) is 0 Å². The number of benzene rings is 1. The second kappa shape index (κ2) is 4.98. The summed E-state index contributed by atoms with van der Waals surface area (Å²) in [5.74, 6) is 6.04. The maximum Gasteiger partial charge on any atom is 0.0545 e. The van der Waals surface area contributed by atoms with Crippen LogP contribution in [-0.2, 0) is 0 Å². The Kier molecular flexibility index (Phi) is 3.63. The fourth-order valence-electron chi connectivity index (χ4n) is 1.03. The molecule has 0 bridgehead atoms. The second-order valence-electron chi connectivity index (χ2n) is 2.85. The third-order valence-corrected chi connectivity index (χ3v) is 1.81. The van der Waals surface area contributed by atoms with Crippen molar-refractivity contribution in [1.82, 2.24) is 0 Å². The lowest BCUT2D eigenvalue weighted by Gasteiger charge is -1.99. The highest BCUT2D eigenvalue weighted by Crippen LogP contribution is 2.08. The summed E-state index contributed by atoms with van der Waals surface area (Å²) in [6, 6.07) is 7.71. The normalized spacial score (nSPS) is 10.5. The van der Waals surface area contributed by atoms with Gasteiger partial charge in [0.05, 0.1) is 5.70 Å². The zero-order valence-corrected chi connectivity index (χ0v) is 8.25. The van der Waals surface area contributed by atoms with Crippen molar-refractivity contribution in [1.29, 1.82) is 0 Å². The standard InChI is InChI=1S/C12H14N2/c1-2-3-4-10-5-7-11(8-6-10)12(14)9-13/h5-9H,2,13-14H2,1H3/b12-9-. The number of nitrogens with two attached hydrogens (primary N) is 2. The van der Waals surface area contributed by atoms with Crippen molar-refractivity contribution in [3.05, 3.63) is 41.6 Å². The minimum absolute atomic E-state index is 0.583. The van der Waals surface area contributed by atoms with Gasteiger partial charge in [0.25, 0.3) is 0 Å². The van der Waals surface area contributed by atoms with Crippen LogP contribution >= 0.6 is 0 Å². The van der Waals surface area contributed by atoms with E-state index in [1.165, 1.54) is 6.20 Å². The van der Waals surface area contributed by atoms with Crippen LogP contribution < -0.4 is 11.5 Å². The van der Waals surface area contributed by atoms with Gasteiger partial charge in [-0.25, -0.2) is 0 Å². The van der Waals surface area contributed by atoms with E-state index < -0.39 is 0 Å². The van der Waals surface area contributed by atoms with Gasteiger partial charge in [-0.2, -0.15) is 0 Å². The van der Waals surface area contributed by atoms with Crippen molar-refractivity contribution in [2.75, 3.05) is 0 Å². The molecule has 0 aliphatic rings. The highest BCUT2D eigenvalue weighted by atomic mass is 14.6. The molecule has 0 spiro atoms. The molecule has 0 unspecified atom stereocenters. The average molecular weight is 186 g/mol. The third-order valence-electron chi connectivity index (χ3n) is 1.81. The van der Waals surface area contributed by atoms with Gasteiger partial charge in [-0.05, 0) is 17.7 Å². The predicted molar refractivity (Wildman–Crippen MR) is 60.0 cm³/mol. The zero-order valence-electron chi connectivity index (χ0n) is 8.25. The van der Waals surface area contributed by atoms with Gasteiger partial charge in [-0.15, -0.1) is 0 Å². The summed E-state index contributed by atoms with van der Waals surface area (Å²) >= 11 is 0. The van der Waals surface area contributed by atoms with E-state index in [9.17, 15) is 0 Å². The van der Waals surface area contributed by atoms with Crippen LogP contribution in [0.15, 0.2) is 30.5 Å². The van der Waals surface area contributed by atoms with Crippen LogP contribution in [0.5, 0.6) is 0 Å². The number of hydrogen-bond acceptors (Lipinski definition) is 2. The summed E-state index contributed by atoms with van der Waals surface area (Å²) in [6.07, 6.45) is 2.26. The van der Waals surface area contributed by atoms with Crippen LogP contribution in [0.3, 0.4) is 0 Å². The van der Waals surface area contributed by atoms with Crippen LogP contribution in [0.2, 0.25) is 0 Å². The van der Waals surface area contributed by atoms with Crippen molar-refractivity contribution in [3.63, 3.8) is 0 Å². The first-order chi connectivity index (χ1) is 6.77. The van der Waals surface area contributed by atoms with E-state index in [1.54, 1.807) is 0 Å². The lowest BCUT2D eigenvalue weighted by Crippen LogP contribution is -1.99. The Hall–Kier alpha value is -1.88. The summed E-state index contributed by atoms with van der Waals surface area (Å²) in [6.45, 7) is 2.02. The predicted octanol–water partition coefficient (Wildman–Crippen LogP) is 1.66. The van der Waals surface area contributed by atoms with Crippen molar-refractivity contribution in [2.45, 2.75) is 13.3 Å². The molecule has 0 aliphatic carbocycles. The molecular weight excluding hydrogens is 172 g/mol. The smallest absolute Gasteiger partial charge is 0.0545 e. The van der Waals surface area contributed by atoms with Gasteiger partial charge in [-0.3, -0.25) is 0 Å². The highest BCUT2D eigenvalue weighted by Gasteiger charge is 1.94. The fourth-order valence-corrected chi connectivity index (χ4v) is 1.03. The highest BCUT2D eigenvalue weighted by molar-refractivity contribution is 5.62. The van der Waals surface area contributed by atoms with Crippen LogP contribution in [0, 0.1) is 11.8 Å². The molecule has 2 heteroatoms. The Labute approximate surface area is 84.6 Å². The van der Waals surface area contributed by atoms with E-state index in [2.05, 4.69) is 11.8 Å². The molecule has 2 nitrogen and oxygen atoms in total. The monoisotopic (exact) mass is 186 g/mol. The van der Waals surface area contributed by atoms with Gasteiger partial charge in [0.2, 0.25) is 0 Å². The lowest BCUT2D eigenvalue weighted by atomic mass is 10.1. The van der Waals surface area contributed by atoms with Crippen molar-refractivity contribution >= 4 is 5.70 Å². The Morgan fingerprint density at radius 1 is 1.36 bits per heavy atom. The molecule has 0 saturated carbocycles. The maximum atomic E-state index is 5.64. The molecule has 1 rings (SSSR count). The Balaban J connectivity index is 2.89. The quantitative estimate of drug-likeness (QED) is 0.655. The molecule has 1 aromatic rings. The minimum Gasteiger partial charge on any atom is -0.403 e. The molecule has 0 atom stereocenters. The van der Waals surface area contributed by atoms with Gasteiger partial charge >= 0.3 is 0 Å². The van der Waals surface area contributed by atoms with Crippen LogP contribution in [0.1, 0.15) is 24.5 Å². The van der Waals surface area contributed by atoms with Gasteiger partial charge < -0.3 is 11.5 Å². The molecule has 0 fully saturated rings. The SMILES string of the molecule is CCC#Cc1ccc(/C(N)=C/N)cc1. The van der Waals surface area contributed by atoms with E-state index >= 15 is 0 Å². The first-order valence-electron chi connectivity index (χ1n) is 4.54. The van der Waals surface area contributed by atoms with Gasteiger partial charge in [0.1, 0.15) is 0 Å². The Morgan fingerprint density at radius 2 is 2.00 bits per heavy atom. The molecule has 0 amide bonds. The summed E-state index contributed by atoms with van der Waals surface area (Å²) in [5, 5.41) is 0. The fraction of sp³-hybridized carbons (Fsp3) is 0.167. The molecule has 0 aliphatic heterocycles. The second-order valence-corrected chi connectivity index (χ2v) is 2.85. The molecule has 14 heavy (non-hydrogen) atoms. The first kappa shape index (κ1) is 10.2. The summed E-state index contributed by atoms with van der Waals surface area (Å²) in [4.78, 5) is 0. The van der Waals surface area contributed by atoms with Gasteiger partial charge in [-0.1, -0.05) is 30.9 Å². The minimum atomic E-state index is 0.583. The largest absolute Gasteiger partial charge is 0.403 e. The zero-order chi connectivity index (χ0) is 10.4. The Morgan fingerprint density at radius 3 is 2.50 bits per heavy atom. The molecule has 1 aromatic carbocycles.